The minimum Gasteiger partial charge on any atom is -0.458 e. The molecule has 16 heteroatoms. The summed E-state index contributed by atoms with van der Waals surface area (Å²) in [6.45, 7) is 0.179. The number of ether oxygens (including phenoxy) is 2. The quantitative estimate of drug-likeness (QED) is 0.240. The van der Waals surface area contributed by atoms with Crippen LogP contribution in [0.4, 0.5) is 13.2 Å². The fraction of sp³-hybridized carbons (Fsp3) is 0.476. The second-order valence-electron chi connectivity index (χ2n) is 8.08. The van der Waals surface area contributed by atoms with E-state index in [1.165, 1.54) is 12.1 Å². The summed E-state index contributed by atoms with van der Waals surface area (Å²) in [7, 11) is -2.99. The van der Waals surface area contributed by atoms with E-state index in [2.05, 4.69) is 4.74 Å². The number of halogens is 3. The van der Waals surface area contributed by atoms with Crippen molar-refractivity contribution in [3.63, 3.8) is 0 Å². The third-order valence-corrected chi connectivity index (χ3v) is 6.45. The predicted molar refractivity (Wildman–Crippen MR) is 120 cm³/mol. The van der Waals surface area contributed by atoms with Crippen molar-refractivity contribution in [1.82, 2.24) is 14.4 Å². The van der Waals surface area contributed by atoms with Gasteiger partial charge in [0.05, 0.1) is 4.83 Å². The molecule has 1 aromatic carbocycles. The van der Waals surface area contributed by atoms with Gasteiger partial charge in [-0.05, 0) is 26.0 Å². The number of hydroxylamine groups is 1. The number of aromatic nitrogens is 2. The lowest BCUT2D eigenvalue weighted by Gasteiger charge is -2.24. The monoisotopic (exact) mass is 550 g/mol. The van der Waals surface area contributed by atoms with E-state index in [9.17, 15) is 32.8 Å². The van der Waals surface area contributed by atoms with Crippen LogP contribution >= 0.6 is 8.18 Å². The molecule has 1 saturated heterocycles. The van der Waals surface area contributed by atoms with Crippen LogP contribution < -0.4 is 15.8 Å². The maximum absolute atomic E-state index is 15.4. The molecule has 1 aromatic heterocycles. The highest BCUT2D eigenvalue weighted by atomic mass is 31.1. The van der Waals surface area contributed by atoms with Gasteiger partial charge in [0.25, 0.3) is 12.0 Å². The zero-order chi connectivity index (χ0) is 27.3. The number of aliphatic hydroxyl groups is 1. The van der Waals surface area contributed by atoms with Crippen molar-refractivity contribution >= 4 is 14.1 Å². The molecule has 2 heterocycles. The fourth-order valence-corrected chi connectivity index (χ4v) is 4.30. The van der Waals surface area contributed by atoms with Crippen LogP contribution in [0.25, 0.3) is 0 Å². The molecule has 0 amide bonds. The van der Waals surface area contributed by atoms with E-state index in [0.717, 1.165) is 30.7 Å². The highest BCUT2D eigenvalue weighted by Crippen LogP contribution is 2.41. The van der Waals surface area contributed by atoms with Crippen molar-refractivity contribution in [1.29, 1.82) is 0 Å². The summed E-state index contributed by atoms with van der Waals surface area (Å²) in [6, 6.07) is 7.14. The highest BCUT2D eigenvalue weighted by molar-refractivity contribution is 7.36. The Morgan fingerprint density at radius 1 is 1.30 bits per heavy atom. The zero-order valence-corrected chi connectivity index (χ0v) is 20.4. The standard InChI is InChI=1S/C21H23F3N3O9P/c1-12(18(30)33-11-15(22)23)27(37(32)36-13-6-4-3-5-7-13)34-10-14-17(29)21(2,24)19(35-14)26-9-8-16(28)25-20(26)31/h3-9,12,14-15,17,19,29H,10-11H2,1-2H3/p+1/t12?,14-,17-,19-,21-/m1/s1. The molecule has 0 radical (unpaired) electrons. The van der Waals surface area contributed by atoms with E-state index in [1.54, 1.807) is 18.2 Å². The first-order valence-electron chi connectivity index (χ1n) is 10.8. The van der Waals surface area contributed by atoms with Crippen LogP contribution in [0.2, 0.25) is 0 Å². The van der Waals surface area contributed by atoms with Gasteiger partial charge in [0.15, 0.2) is 30.3 Å². The average Bonchev–Trinajstić information content (AvgIpc) is 3.06. The van der Waals surface area contributed by atoms with Gasteiger partial charge in [-0.3, -0.25) is 24.0 Å². The lowest BCUT2D eigenvalue weighted by molar-refractivity contribution is -0.183. The fourth-order valence-electron chi connectivity index (χ4n) is 3.38. The number of H-pyrrole nitrogens is 1. The van der Waals surface area contributed by atoms with Crippen LogP contribution in [-0.4, -0.2) is 69.0 Å². The minimum absolute atomic E-state index is 0.122. The molecule has 1 aliphatic rings. The Balaban J connectivity index is 1.78. The SMILES string of the molecule is CC(C(=O)OCC(F)F)N(OC[C@H]1O[C@@H](n2ccc(=O)[nH]c2=O)[C@](C)(F)[C@@H]1O)[P+](=O)Oc1ccccc1. The molecule has 2 unspecified atom stereocenters. The molecule has 0 bridgehead atoms. The van der Waals surface area contributed by atoms with Crippen molar-refractivity contribution in [3.8, 4) is 5.75 Å². The number of rotatable bonds is 11. The summed E-state index contributed by atoms with van der Waals surface area (Å²) >= 11 is 0. The van der Waals surface area contributed by atoms with Gasteiger partial charge in [0.2, 0.25) is 0 Å². The van der Waals surface area contributed by atoms with Crippen LogP contribution in [0.5, 0.6) is 5.75 Å². The van der Waals surface area contributed by atoms with Crippen molar-refractivity contribution in [2.45, 2.75) is 50.4 Å². The molecule has 2 aromatic rings. The number of alkyl halides is 3. The second kappa shape index (κ2) is 12.0. The first-order valence-corrected chi connectivity index (χ1v) is 12.0. The van der Waals surface area contributed by atoms with E-state index in [4.69, 9.17) is 14.1 Å². The highest BCUT2D eigenvalue weighted by Gasteiger charge is 2.56. The van der Waals surface area contributed by atoms with Gasteiger partial charge in [-0.1, -0.05) is 18.2 Å². The molecular formula is C21H24F3N3O9P+. The number of hydrogen-bond acceptors (Lipinski definition) is 9. The molecule has 0 aliphatic carbocycles. The van der Waals surface area contributed by atoms with Crippen LogP contribution in [0.3, 0.4) is 0 Å². The van der Waals surface area contributed by atoms with E-state index in [-0.39, 0.29) is 5.75 Å². The van der Waals surface area contributed by atoms with Crippen LogP contribution in [0.1, 0.15) is 20.1 Å². The Morgan fingerprint density at radius 3 is 2.59 bits per heavy atom. The molecular weight excluding hydrogens is 526 g/mol. The van der Waals surface area contributed by atoms with Gasteiger partial charge >= 0.3 is 19.8 Å². The van der Waals surface area contributed by atoms with Gasteiger partial charge in [0, 0.05) is 16.8 Å². The molecule has 202 valence electrons. The lowest BCUT2D eigenvalue weighted by Crippen LogP contribution is -2.44. The molecule has 0 saturated carbocycles. The Labute approximate surface area is 208 Å². The normalized spacial score (nSPS) is 24.8. The lowest BCUT2D eigenvalue weighted by atomic mass is 9.98. The molecule has 1 fully saturated rings. The Bertz CT molecular complexity index is 1210. The van der Waals surface area contributed by atoms with Crippen LogP contribution in [0.15, 0.2) is 52.2 Å². The first-order chi connectivity index (χ1) is 17.4. The van der Waals surface area contributed by atoms with Gasteiger partial charge in [-0.25, -0.2) is 22.5 Å². The smallest absolute Gasteiger partial charge is 0.458 e. The van der Waals surface area contributed by atoms with Gasteiger partial charge in [-0.2, -0.15) is 0 Å². The summed E-state index contributed by atoms with van der Waals surface area (Å²) in [6.07, 6.45) is -7.00. The number of esters is 1. The first kappa shape index (κ1) is 28.5. The Hall–Kier alpha value is -3.10. The Kier molecular flexibility index (Phi) is 9.21. The predicted octanol–water partition coefficient (Wildman–Crippen LogP) is 1.69. The van der Waals surface area contributed by atoms with E-state index in [0.29, 0.717) is 4.83 Å². The van der Waals surface area contributed by atoms with Crippen LogP contribution in [0, 0.1) is 0 Å². The van der Waals surface area contributed by atoms with Gasteiger partial charge in [-0.15, -0.1) is 0 Å². The Morgan fingerprint density at radius 2 is 1.97 bits per heavy atom. The van der Waals surface area contributed by atoms with Crippen molar-refractivity contribution < 1.29 is 46.5 Å². The molecule has 1 aliphatic heterocycles. The van der Waals surface area contributed by atoms with E-state index >= 15 is 4.39 Å². The maximum atomic E-state index is 15.4. The number of nitrogens with zero attached hydrogens (tertiary/aromatic N) is 2. The molecule has 0 spiro atoms. The number of para-hydroxylation sites is 1. The number of aliphatic hydroxyl groups excluding tert-OH is 1. The third-order valence-electron chi connectivity index (χ3n) is 5.30. The molecule has 12 nitrogen and oxygen atoms in total. The number of aromatic amines is 1. The summed E-state index contributed by atoms with van der Waals surface area (Å²) in [5.74, 6) is -1.10. The van der Waals surface area contributed by atoms with E-state index < -0.39 is 75.2 Å². The minimum atomic E-state index is -2.99. The maximum Gasteiger partial charge on any atom is 0.693 e. The van der Waals surface area contributed by atoms with Crippen molar-refractivity contribution in [2.75, 3.05) is 13.2 Å². The summed E-state index contributed by atoms with van der Waals surface area (Å²) in [5, 5.41) is 10.5. The average molecular weight is 550 g/mol. The van der Waals surface area contributed by atoms with Gasteiger partial charge < -0.3 is 14.6 Å². The van der Waals surface area contributed by atoms with Crippen LogP contribution in [-0.2, 0) is 23.7 Å². The number of hydrogen-bond donors (Lipinski definition) is 2. The summed E-state index contributed by atoms with van der Waals surface area (Å²) < 4.78 is 69.2. The molecule has 2 N–H and O–H groups in total. The summed E-state index contributed by atoms with van der Waals surface area (Å²) in [5.41, 5.74) is -4.27. The second-order valence-corrected chi connectivity index (χ2v) is 9.13. The largest absolute Gasteiger partial charge is 0.693 e. The molecule has 37 heavy (non-hydrogen) atoms. The zero-order valence-electron chi connectivity index (χ0n) is 19.5. The topological polar surface area (TPSA) is 149 Å². The molecule has 3 rings (SSSR count). The van der Waals surface area contributed by atoms with E-state index in [1.807, 2.05) is 4.98 Å². The number of carbonyl (C=O) groups is 1. The number of nitrogens with one attached hydrogen (secondary N) is 1. The van der Waals surface area contributed by atoms with Gasteiger partial charge in [0.1, 0.15) is 18.8 Å². The summed E-state index contributed by atoms with van der Waals surface area (Å²) in [4.78, 5) is 43.5. The van der Waals surface area contributed by atoms with Crippen molar-refractivity contribution in [3.05, 3.63) is 63.4 Å². The van der Waals surface area contributed by atoms with Crippen molar-refractivity contribution in [2.24, 2.45) is 0 Å². The number of carbonyl (C=O) groups excluding carboxylic acids is 1. The molecule has 6 atom stereocenters. The third kappa shape index (κ3) is 6.81. The number of benzene rings is 1.